The van der Waals surface area contributed by atoms with Crippen molar-refractivity contribution in [2.45, 2.75) is 25.4 Å². The largest absolute Gasteiger partial charge is 0.494 e. The number of nitrogens with one attached hydrogen (secondary N) is 2. The van der Waals surface area contributed by atoms with Gasteiger partial charge in [0.2, 0.25) is 0 Å². The summed E-state index contributed by atoms with van der Waals surface area (Å²) in [7, 11) is 1.38. The number of nitrogens with zero attached hydrogens (tertiary/aromatic N) is 4. The lowest BCUT2D eigenvalue weighted by atomic mass is 10.1. The SMILES string of the molecule is COc1cc(=O)n(-c2ccccc2)nc1C(=O)N1CCN(C2NC(=O)C(F)C(C)N2)CC1. The fourth-order valence-electron chi connectivity index (χ4n) is 3.84. The second kappa shape index (κ2) is 9.05. The van der Waals surface area contributed by atoms with Gasteiger partial charge >= 0.3 is 0 Å². The molecule has 1 aromatic carbocycles. The molecule has 3 unspecified atom stereocenters. The van der Waals surface area contributed by atoms with Crippen molar-refractivity contribution in [2.75, 3.05) is 33.3 Å². The summed E-state index contributed by atoms with van der Waals surface area (Å²) in [6, 6.07) is 9.48. The zero-order valence-electron chi connectivity index (χ0n) is 17.8. The number of amides is 2. The van der Waals surface area contributed by atoms with E-state index in [-0.39, 0.29) is 17.4 Å². The first-order valence-corrected chi connectivity index (χ1v) is 10.4. The van der Waals surface area contributed by atoms with Crippen molar-refractivity contribution in [3.8, 4) is 11.4 Å². The van der Waals surface area contributed by atoms with E-state index in [2.05, 4.69) is 15.7 Å². The zero-order chi connectivity index (χ0) is 22.8. The molecule has 10 nitrogen and oxygen atoms in total. The van der Waals surface area contributed by atoms with E-state index in [9.17, 15) is 18.8 Å². The van der Waals surface area contributed by atoms with Crippen LogP contribution in [0.1, 0.15) is 17.4 Å². The summed E-state index contributed by atoms with van der Waals surface area (Å²) >= 11 is 0. The first-order chi connectivity index (χ1) is 15.4. The van der Waals surface area contributed by atoms with Crippen LogP contribution in [-0.2, 0) is 4.79 Å². The molecule has 2 fully saturated rings. The van der Waals surface area contributed by atoms with E-state index in [0.717, 1.165) is 0 Å². The van der Waals surface area contributed by atoms with Gasteiger partial charge in [0.15, 0.2) is 17.6 Å². The Kier molecular flexibility index (Phi) is 6.19. The Morgan fingerprint density at radius 2 is 1.84 bits per heavy atom. The molecule has 0 saturated carbocycles. The molecule has 2 aliphatic rings. The van der Waals surface area contributed by atoms with E-state index >= 15 is 0 Å². The van der Waals surface area contributed by atoms with Crippen molar-refractivity contribution in [3.63, 3.8) is 0 Å². The van der Waals surface area contributed by atoms with Gasteiger partial charge in [-0.15, -0.1) is 0 Å². The van der Waals surface area contributed by atoms with Crippen LogP contribution in [0.4, 0.5) is 4.39 Å². The molecule has 2 amide bonds. The quantitative estimate of drug-likeness (QED) is 0.668. The third-order valence-corrected chi connectivity index (χ3v) is 5.68. The Morgan fingerprint density at radius 1 is 1.16 bits per heavy atom. The van der Waals surface area contributed by atoms with Crippen LogP contribution in [0.25, 0.3) is 5.69 Å². The molecule has 170 valence electrons. The van der Waals surface area contributed by atoms with Gasteiger partial charge in [-0.2, -0.15) is 9.78 Å². The topological polar surface area (TPSA) is 109 Å². The molecule has 4 rings (SSSR count). The molecule has 1 aromatic heterocycles. The van der Waals surface area contributed by atoms with Crippen LogP contribution in [0, 0.1) is 0 Å². The lowest BCUT2D eigenvalue weighted by Gasteiger charge is -2.43. The number of carbonyl (C=O) groups is 2. The summed E-state index contributed by atoms with van der Waals surface area (Å²) in [6.45, 7) is 3.29. The molecule has 3 heterocycles. The number of hydrogen-bond donors (Lipinski definition) is 2. The van der Waals surface area contributed by atoms with Crippen molar-refractivity contribution in [1.29, 1.82) is 0 Å². The fraction of sp³-hybridized carbons (Fsp3) is 0.429. The Morgan fingerprint density at radius 3 is 2.47 bits per heavy atom. The Balaban J connectivity index is 1.50. The lowest BCUT2D eigenvalue weighted by molar-refractivity contribution is -0.133. The maximum absolute atomic E-state index is 13.7. The van der Waals surface area contributed by atoms with E-state index in [1.165, 1.54) is 17.9 Å². The van der Waals surface area contributed by atoms with E-state index in [4.69, 9.17) is 4.74 Å². The van der Waals surface area contributed by atoms with Gasteiger partial charge in [0.25, 0.3) is 17.4 Å². The summed E-state index contributed by atoms with van der Waals surface area (Å²) in [4.78, 5) is 41.0. The Hall–Kier alpha value is -3.31. The third-order valence-electron chi connectivity index (χ3n) is 5.68. The van der Waals surface area contributed by atoms with E-state index in [1.807, 2.05) is 11.0 Å². The van der Waals surface area contributed by atoms with E-state index in [1.54, 1.807) is 36.1 Å². The van der Waals surface area contributed by atoms with Crippen LogP contribution in [0.5, 0.6) is 5.75 Å². The fourth-order valence-corrected chi connectivity index (χ4v) is 3.84. The van der Waals surface area contributed by atoms with Gasteiger partial charge in [-0.1, -0.05) is 18.2 Å². The smallest absolute Gasteiger partial charge is 0.278 e. The molecule has 0 aliphatic carbocycles. The van der Waals surface area contributed by atoms with Crippen LogP contribution in [0.15, 0.2) is 41.2 Å². The van der Waals surface area contributed by atoms with Gasteiger partial charge in [0.1, 0.15) is 6.29 Å². The summed E-state index contributed by atoms with van der Waals surface area (Å²) in [5, 5.41) is 9.95. The number of benzene rings is 1. The molecule has 2 aromatic rings. The van der Waals surface area contributed by atoms with Crippen LogP contribution in [-0.4, -0.2) is 83.2 Å². The third kappa shape index (κ3) is 4.21. The van der Waals surface area contributed by atoms with Crippen LogP contribution in [0.3, 0.4) is 0 Å². The van der Waals surface area contributed by atoms with Crippen molar-refractivity contribution < 1.29 is 18.7 Å². The number of rotatable bonds is 4. The summed E-state index contributed by atoms with van der Waals surface area (Å²) < 4.78 is 20.2. The molecule has 2 saturated heterocycles. The van der Waals surface area contributed by atoms with Gasteiger partial charge in [-0.25, -0.2) is 4.39 Å². The van der Waals surface area contributed by atoms with Gasteiger partial charge in [0, 0.05) is 32.2 Å². The number of ether oxygens (including phenoxy) is 1. The predicted molar refractivity (Wildman–Crippen MR) is 113 cm³/mol. The highest BCUT2D eigenvalue weighted by atomic mass is 19.1. The summed E-state index contributed by atoms with van der Waals surface area (Å²) in [5.74, 6) is -0.889. The lowest BCUT2D eigenvalue weighted by Crippen LogP contribution is -2.69. The number of hydrogen-bond acceptors (Lipinski definition) is 7. The number of aromatic nitrogens is 2. The number of piperazine rings is 1. The van der Waals surface area contributed by atoms with E-state index < -0.39 is 30.0 Å². The number of halogens is 1. The number of alkyl halides is 1. The highest BCUT2D eigenvalue weighted by Gasteiger charge is 2.37. The maximum atomic E-state index is 13.7. The molecule has 11 heteroatoms. The normalized spacial score (nSPS) is 24.2. The maximum Gasteiger partial charge on any atom is 0.278 e. The number of carbonyl (C=O) groups excluding carboxylic acids is 2. The minimum Gasteiger partial charge on any atom is -0.494 e. The minimum absolute atomic E-state index is 0.0439. The Bertz CT molecular complexity index is 1050. The first-order valence-electron chi connectivity index (χ1n) is 10.4. The molecule has 0 bridgehead atoms. The van der Waals surface area contributed by atoms with Gasteiger partial charge in [0.05, 0.1) is 18.9 Å². The predicted octanol–water partition coefficient (Wildman–Crippen LogP) is -0.271. The molecule has 32 heavy (non-hydrogen) atoms. The van der Waals surface area contributed by atoms with Crippen LogP contribution >= 0.6 is 0 Å². The second-order valence-corrected chi connectivity index (χ2v) is 7.74. The average Bonchev–Trinajstić information content (AvgIpc) is 2.82. The minimum atomic E-state index is -1.59. The van der Waals surface area contributed by atoms with Gasteiger partial charge in [-0.3, -0.25) is 24.6 Å². The standard InChI is InChI=1S/C21H25FN6O4/c1-13-17(22)19(30)24-21(23-13)27-10-8-26(9-11-27)20(31)18-15(32-2)12-16(29)28(25-18)14-6-4-3-5-7-14/h3-7,12-13,17,21,23H,8-11H2,1-2H3,(H,24,30). The van der Waals surface area contributed by atoms with Crippen molar-refractivity contribution in [1.82, 2.24) is 30.2 Å². The molecular weight excluding hydrogens is 419 g/mol. The average molecular weight is 444 g/mol. The van der Waals surface area contributed by atoms with Crippen molar-refractivity contribution in [2.24, 2.45) is 0 Å². The number of para-hydroxylation sites is 1. The molecule has 0 radical (unpaired) electrons. The molecule has 3 atom stereocenters. The van der Waals surface area contributed by atoms with Gasteiger partial charge < -0.3 is 15.0 Å². The van der Waals surface area contributed by atoms with Crippen LogP contribution in [0.2, 0.25) is 0 Å². The molecular formula is C21H25FN6O4. The zero-order valence-corrected chi connectivity index (χ0v) is 17.8. The molecule has 2 N–H and O–H groups in total. The van der Waals surface area contributed by atoms with Gasteiger partial charge in [-0.05, 0) is 19.1 Å². The van der Waals surface area contributed by atoms with Crippen molar-refractivity contribution in [3.05, 3.63) is 52.4 Å². The summed E-state index contributed by atoms with van der Waals surface area (Å²) in [6.07, 6.45) is -2.08. The molecule has 0 spiro atoms. The van der Waals surface area contributed by atoms with Crippen LogP contribution < -0.4 is 20.9 Å². The second-order valence-electron chi connectivity index (χ2n) is 7.74. The highest BCUT2D eigenvalue weighted by Crippen LogP contribution is 2.18. The number of methoxy groups -OCH3 is 1. The highest BCUT2D eigenvalue weighted by molar-refractivity contribution is 5.95. The first kappa shape index (κ1) is 21.9. The summed E-state index contributed by atoms with van der Waals surface area (Å²) in [5.41, 5.74) is 0.176. The van der Waals surface area contributed by atoms with Crippen molar-refractivity contribution >= 4 is 11.8 Å². The monoisotopic (exact) mass is 444 g/mol. The van der Waals surface area contributed by atoms with E-state index in [0.29, 0.717) is 31.9 Å². The molecule has 2 aliphatic heterocycles. The Labute approximate surface area is 183 Å².